The summed E-state index contributed by atoms with van der Waals surface area (Å²) in [5.41, 5.74) is -3.40. The maximum Gasteiger partial charge on any atom is 0.374 e. The van der Waals surface area contributed by atoms with Crippen molar-refractivity contribution in [2.24, 2.45) is 0 Å². The summed E-state index contributed by atoms with van der Waals surface area (Å²) in [7, 11) is -21.5. The van der Waals surface area contributed by atoms with Crippen LogP contribution in [0.3, 0.4) is 0 Å². The monoisotopic (exact) mass is 400 g/mol. The fourth-order valence-corrected chi connectivity index (χ4v) is 3.29. The lowest BCUT2D eigenvalue weighted by Gasteiger charge is -2.21. The van der Waals surface area contributed by atoms with Gasteiger partial charge in [-0.3, -0.25) is 18.3 Å². The zero-order chi connectivity index (χ0) is 18.1. The molecule has 8 N–H and O–H groups in total. The molecular formula is C3H12F2O12P4. The van der Waals surface area contributed by atoms with E-state index in [1.165, 1.54) is 0 Å². The molecule has 0 bridgehead atoms. The predicted octanol–water partition coefficient (Wildman–Crippen LogP) is -0.420. The van der Waals surface area contributed by atoms with Gasteiger partial charge in [0.2, 0.25) is 0 Å². The van der Waals surface area contributed by atoms with Crippen LogP contribution < -0.4 is 0 Å². The first-order valence-corrected chi connectivity index (χ1v) is 10.8. The Hall–Kier alpha value is 0.460. The molecule has 0 unspecified atom stereocenters. The number of hydrogen-bond acceptors (Lipinski definition) is 4. The van der Waals surface area contributed by atoms with E-state index in [1.54, 1.807) is 0 Å². The number of halogens is 2. The van der Waals surface area contributed by atoms with E-state index in [2.05, 4.69) is 0 Å². The van der Waals surface area contributed by atoms with E-state index < -0.39 is 41.2 Å². The molecule has 0 saturated heterocycles. The lowest BCUT2D eigenvalue weighted by Crippen LogP contribution is -2.17. The van der Waals surface area contributed by atoms with Gasteiger partial charge in [0.05, 0.1) is 0 Å². The largest absolute Gasteiger partial charge is 0.374 e. The second-order valence-electron chi connectivity index (χ2n) is 3.48. The number of hydrogen-bond donors (Lipinski definition) is 8. The molecule has 0 aromatic heterocycles. The van der Waals surface area contributed by atoms with E-state index in [0.29, 0.717) is 0 Å². The summed E-state index contributed by atoms with van der Waals surface area (Å²) in [4.78, 5) is 64.0. The third-order valence-corrected chi connectivity index (χ3v) is 8.22. The average molecular weight is 400 g/mol. The highest BCUT2D eigenvalue weighted by molar-refractivity contribution is 7.72. The topological polar surface area (TPSA) is 230 Å². The molecule has 0 saturated carbocycles. The van der Waals surface area contributed by atoms with Gasteiger partial charge in [0.25, 0.3) is 5.65 Å². The van der Waals surface area contributed by atoms with Gasteiger partial charge < -0.3 is 39.1 Å². The van der Waals surface area contributed by atoms with Gasteiger partial charge in [-0.1, -0.05) is 0 Å². The van der Waals surface area contributed by atoms with E-state index in [0.717, 1.165) is 0 Å². The van der Waals surface area contributed by atoms with Gasteiger partial charge in [0.1, 0.15) is 0 Å². The Kier molecular flexibility index (Phi) is 7.82. The molecule has 0 rings (SSSR count). The molecular weight excluding hydrogens is 388 g/mol. The Morgan fingerprint density at radius 2 is 0.952 bits per heavy atom. The first kappa shape index (κ1) is 23.7. The van der Waals surface area contributed by atoms with Crippen molar-refractivity contribution in [1.29, 1.82) is 0 Å². The molecule has 0 aliphatic carbocycles. The van der Waals surface area contributed by atoms with E-state index >= 15 is 0 Å². The van der Waals surface area contributed by atoms with Crippen LogP contribution in [-0.4, -0.2) is 50.0 Å². The molecule has 0 fully saturated rings. The smallest absolute Gasteiger partial charge is 0.322 e. The van der Waals surface area contributed by atoms with Gasteiger partial charge in [0, 0.05) is 0 Å². The third-order valence-electron chi connectivity index (χ3n) is 1.62. The first-order valence-electron chi connectivity index (χ1n) is 4.20. The third kappa shape index (κ3) is 7.51. The summed E-state index contributed by atoms with van der Waals surface area (Å²) in [5.74, 6) is 0. The number of rotatable bonds is 4. The summed E-state index contributed by atoms with van der Waals surface area (Å²) >= 11 is 0. The summed E-state index contributed by atoms with van der Waals surface area (Å²) in [5, 5.41) is -3.79. The quantitative estimate of drug-likeness (QED) is 0.281. The second kappa shape index (κ2) is 6.92. The van der Waals surface area contributed by atoms with Crippen molar-refractivity contribution >= 4 is 30.4 Å². The minimum absolute atomic E-state index is 0.161. The van der Waals surface area contributed by atoms with Crippen LogP contribution in [0.25, 0.3) is 0 Å². The second-order valence-corrected chi connectivity index (χ2v) is 11.4. The fraction of sp³-hybridized carbons (Fsp3) is 1.00. The van der Waals surface area contributed by atoms with Crippen LogP contribution in [-0.2, 0) is 18.3 Å². The van der Waals surface area contributed by atoms with Crippen LogP contribution in [0.15, 0.2) is 0 Å². The van der Waals surface area contributed by atoms with E-state index in [1.807, 2.05) is 0 Å². The standard InChI is InChI=1S/C2H7FO6P2.CH5FO6P2/c1-2(3,10(4,5)6)11(7,8)9;2-1(9(3,4)5)10(6,7)8/h1H3,(H2,4,5,6)(H2,7,8,9);1H,(H2,3,4,5)(H2,6,7,8)/i3-1;2-1. The van der Waals surface area contributed by atoms with Crippen LogP contribution >= 0.6 is 30.4 Å². The Labute approximate surface area is 115 Å². The predicted molar refractivity (Wildman–Crippen MR) is 62.6 cm³/mol. The molecule has 0 aromatic carbocycles. The van der Waals surface area contributed by atoms with Crippen molar-refractivity contribution in [3.05, 3.63) is 0 Å². The lowest BCUT2D eigenvalue weighted by atomic mass is 10.9. The van der Waals surface area contributed by atoms with Crippen LogP contribution in [0.4, 0.5) is 8.78 Å². The Morgan fingerprint density at radius 3 is 0.952 bits per heavy atom. The summed E-state index contributed by atoms with van der Waals surface area (Å²) < 4.78 is 64.3. The Bertz CT molecular complexity index is 487. The molecule has 12 nitrogen and oxygen atoms in total. The van der Waals surface area contributed by atoms with Crippen molar-refractivity contribution < 1.29 is 66.2 Å². The van der Waals surface area contributed by atoms with Gasteiger partial charge in [-0.25, -0.2) is 8.78 Å². The van der Waals surface area contributed by atoms with E-state index in [-0.39, 0.29) is 6.92 Å². The molecule has 0 aliphatic rings. The van der Waals surface area contributed by atoms with Crippen LogP contribution in [0.2, 0.25) is 0 Å². The maximum absolute atomic E-state index is 12.6. The summed E-state index contributed by atoms with van der Waals surface area (Å²) in [6.45, 7) is 0.161. The highest BCUT2D eigenvalue weighted by Crippen LogP contribution is 2.69. The Balaban J connectivity index is 0. The van der Waals surface area contributed by atoms with Crippen molar-refractivity contribution in [3.8, 4) is 0 Å². The first-order chi connectivity index (χ1) is 8.65. The van der Waals surface area contributed by atoms with Gasteiger partial charge in [-0.05, 0) is 6.92 Å². The molecule has 0 spiro atoms. The molecule has 130 valence electrons. The molecule has 0 aliphatic heterocycles. The normalized spacial score (nSPS) is 14.7. The van der Waals surface area contributed by atoms with Gasteiger partial charge in [0.15, 0.2) is 0 Å². The van der Waals surface area contributed by atoms with Crippen LogP contribution in [0.5, 0.6) is 0 Å². The van der Waals surface area contributed by atoms with E-state index in [4.69, 9.17) is 39.1 Å². The Morgan fingerprint density at radius 1 is 0.762 bits per heavy atom. The molecule has 0 aromatic rings. The summed E-state index contributed by atoms with van der Waals surface area (Å²) in [6.07, 6.45) is 0. The lowest BCUT2D eigenvalue weighted by molar-refractivity contribution is 0.236. The SMILES string of the molecule is CC([18F])(P(=O)(O)O)P(=O)(O)O.O=P(O)(O)C([18F])P(=O)(O)O. The molecule has 0 radical (unpaired) electrons. The fourth-order valence-electron chi connectivity index (χ4n) is 0.366. The maximum atomic E-state index is 12.6. The molecule has 0 heterocycles. The number of alkyl halides is 2. The highest BCUT2D eigenvalue weighted by atomic mass is 31.2. The van der Waals surface area contributed by atoms with Crippen LogP contribution in [0, 0.1) is 0 Å². The molecule has 21 heavy (non-hydrogen) atoms. The van der Waals surface area contributed by atoms with Crippen molar-refractivity contribution in [1.82, 2.24) is 0 Å². The minimum Gasteiger partial charge on any atom is -0.322 e. The van der Waals surface area contributed by atoms with Gasteiger partial charge >= 0.3 is 35.5 Å². The minimum atomic E-state index is -5.42. The molecule has 0 atom stereocenters. The van der Waals surface area contributed by atoms with Crippen LogP contribution in [0.1, 0.15) is 6.92 Å². The van der Waals surface area contributed by atoms with Crippen molar-refractivity contribution in [2.45, 2.75) is 17.7 Å². The molecule has 0 amide bonds. The van der Waals surface area contributed by atoms with Gasteiger partial charge in [-0.15, -0.1) is 0 Å². The van der Waals surface area contributed by atoms with Gasteiger partial charge in [-0.2, -0.15) is 0 Å². The molecule has 18 heteroatoms. The average Bonchev–Trinajstić information content (AvgIpc) is 2.11. The van der Waals surface area contributed by atoms with E-state index in [9.17, 15) is 27.0 Å². The zero-order valence-corrected chi connectivity index (χ0v) is 13.4. The zero-order valence-electron chi connectivity index (χ0n) is 9.83. The van der Waals surface area contributed by atoms with Crippen molar-refractivity contribution in [3.63, 3.8) is 0 Å². The van der Waals surface area contributed by atoms with Crippen molar-refractivity contribution in [2.75, 3.05) is 0 Å². The summed E-state index contributed by atoms with van der Waals surface area (Å²) in [6, 6.07) is 0. The highest BCUT2D eigenvalue weighted by Gasteiger charge is 2.57.